The van der Waals surface area contributed by atoms with Crippen molar-refractivity contribution in [2.75, 3.05) is 6.61 Å². The Bertz CT molecular complexity index is 238. The lowest BCUT2D eigenvalue weighted by molar-refractivity contribution is 0.0742. The van der Waals surface area contributed by atoms with E-state index in [0.717, 1.165) is 5.56 Å². The molecule has 0 bridgehead atoms. The van der Waals surface area contributed by atoms with Crippen LogP contribution in [-0.2, 0) is 6.42 Å². The van der Waals surface area contributed by atoms with Crippen LogP contribution in [0.4, 0.5) is 0 Å². The van der Waals surface area contributed by atoms with E-state index in [1.54, 1.807) is 0 Å². The summed E-state index contributed by atoms with van der Waals surface area (Å²) < 4.78 is 0. The fourth-order valence-electron chi connectivity index (χ4n) is 1.16. The van der Waals surface area contributed by atoms with E-state index in [2.05, 4.69) is 0 Å². The van der Waals surface area contributed by atoms with Crippen molar-refractivity contribution in [1.29, 1.82) is 0 Å². The third-order valence-corrected chi connectivity index (χ3v) is 2.00. The summed E-state index contributed by atoms with van der Waals surface area (Å²) in [5.74, 6) is 0. The zero-order valence-corrected chi connectivity index (χ0v) is 7.43. The largest absolute Gasteiger partial charge is 0.394 e. The van der Waals surface area contributed by atoms with Crippen molar-refractivity contribution in [2.45, 2.75) is 18.6 Å². The van der Waals surface area contributed by atoms with Gasteiger partial charge in [0.25, 0.3) is 0 Å². The maximum Gasteiger partial charge on any atom is 0.0924 e. The van der Waals surface area contributed by atoms with Crippen LogP contribution in [0.5, 0.6) is 0 Å². The van der Waals surface area contributed by atoms with Crippen molar-refractivity contribution in [2.24, 2.45) is 5.73 Å². The van der Waals surface area contributed by atoms with Crippen LogP contribution in [0.15, 0.2) is 30.3 Å². The molecule has 0 fully saturated rings. The summed E-state index contributed by atoms with van der Waals surface area (Å²) in [7, 11) is 0. The zero-order chi connectivity index (χ0) is 9.68. The summed E-state index contributed by atoms with van der Waals surface area (Å²) in [5.41, 5.74) is 6.72. The Labute approximate surface area is 77.8 Å². The van der Waals surface area contributed by atoms with Gasteiger partial charge in [0.05, 0.1) is 12.7 Å². The molecule has 2 atom stereocenters. The van der Waals surface area contributed by atoms with Gasteiger partial charge in [0.15, 0.2) is 0 Å². The minimum Gasteiger partial charge on any atom is -0.394 e. The lowest BCUT2D eigenvalue weighted by Gasteiger charge is -2.16. The third kappa shape index (κ3) is 3.14. The number of hydrogen-bond donors (Lipinski definition) is 3. The van der Waals surface area contributed by atoms with E-state index in [4.69, 9.17) is 10.8 Å². The Balaban J connectivity index is 2.50. The highest BCUT2D eigenvalue weighted by atomic mass is 16.3. The Morgan fingerprint density at radius 1 is 1.23 bits per heavy atom. The van der Waals surface area contributed by atoms with Crippen molar-refractivity contribution in [1.82, 2.24) is 0 Å². The van der Waals surface area contributed by atoms with Crippen molar-refractivity contribution < 1.29 is 10.2 Å². The van der Waals surface area contributed by atoms with E-state index >= 15 is 0 Å². The minimum atomic E-state index is -0.833. The number of aliphatic hydroxyl groups excluding tert-OH is 2. The van der Waals surface area contributed by atoms with Gasteiger partial charge in [-0.1, -0.05) is 30.3 Å². The van der Waals surface area contributed by atoms with Gasteiger partial charge in [-0.15, -0.1) is 0 Å². The van der Waals surface area contributed by atoms with E-state index in [1.807, 2.05) is 30.3 Å². The number of hydrogen-bond acceptors (Lipinski definition) is 3. The number of benzene rings is 1. The molecule has 1 aromatic carbocycles. The molecule has 0 aliphatic rings. The van der Waals surface area contributed by atoms with Gasteiger partial charge in [-0.2, -0.15) is 0 Å². The molecular weight excluding hydrogens is 166 g/mol. The van der Waals surface area contributed by atoms with E-state index < -0.39 is 12.1 Å². The second-order valence-electron chi connectivity index (χ2n) is 3.10. The summed E-state index contributed by atoms with van der Waals surface area (Å²) >= 11 is 0. The first-order valence-electron chi connectivity index (χ1n) is 4.32. The molecule has 0 aromatic heterocycles. The molecule has 3 nitrogen and oxygen atoms in total. The molecular formula is C10H15NO2. The highest BCUT2D eigenvalue weighted by molar-refractivity contribution is 5.16. The van der Waals surface area contributed by atoms with Crippen LogP contribution in [0.25, 0.3) is 0 Å². The quantitative estimate of drug-likeness (QED) is 0.608. The first kappa shape index (κ1) is 10.2. The van der Waals surface area contributed by atoms with Gasteiger partial charge in [0.1, 0.15) is 0 Å². The molecule has 1 aromatic rings. The molecule has 0 saturated carbocycles. The minimum absolute atomic E-state index is 0.284. The summed E-state index contributed by atoms with van der Waals surface area (Å²) in [5, 5.41) is 17.9. The van der Waals surface area contributed by atoms with Gasteiger partial charge in [0.2, 0.25) is 0 Å². The van der Waals surface area contributed by atoms with Gasteiger partial charge < -0.3 is 15.9 Å². The lowest BCUT2D eigenvalue weighted by Crippen LogP contribution is -2.38. The first-order valence-corrected chi connectivity index (χ1v) is 4.32. The van der Waals surface area contributed by atoms with Gasteiger partial charge in [-0.3, -0.25) is 0 Å². The molecule has 1 rings (SSSR count). The normalized spacial score (nSPS) is 15.3. The van der Waals surface area contributed by atoms with Crippen LogP contribution in [0, 0.1) is 0 Å². The third-order valence-electron chi connectivity index (χ3n) is 2.00. The standard InChI is InChI=1S/C10H15NO2/c11-9(10(13)7-12)6-8-4-2-1-3-5-8/h1-5,9-10,12-13H,6-7,11H2/t9-,10+/m0/s1. The summed E-state index contributed by atoms with van der Waals surface area (Å²) in [4.78, 5) is 0. The van der Waals surface area contributed by atoms with Crippen molar-refractivity contribution >= 4 is 0 Å². The molecule has 0 heterocycles. The van der Waals surface area contributed by atoms with Gasteiger partial charge in [-0.05, 0) is 12.0 Å². The number of aliphatic hydroxyl groups is 2. The van der Waals surface area contributed by atoms with Gasteiger partial charge in [-0.25, -0.2) is 0 Å². The molecule has 72 valence electrons. The Morgan fingerprint density at radius 3 is 2.38 bits per heavy atom. The topological polar surface area (TPSA) is 66.5 Å². The highest BCUT2D eigenvalue weighted by Crippen LogP contribution is 2.03. The van der Waals surface area contributed by atoms with E-state index in [-0.39, 0.29) is 6.61 Å². The second-order valence-corrected chi connectivity index (χ2v) is 3.10. The molecule has 0 saturated heterocycles. The van der Waals surface area contributed by atoms with E-state index in [1.165, 1.54) is 0 Å². The van der Waals surface area contributed by atoms with E-state index in [0.29, 0.717) is 6.42 Å². The lowest BCUT2D eigenvalue weighted by atomic mass is 10.0. The second kappa shape index (κ2) is 4.97. The summed E-state index contributed by atoms with van der Waals surface area (Å²) in [6.07, 6.45) is -0.247. The Morgan fingerprint density at radius 2 is 1.85 bits per heavy atom. The maximum absolute atomic E-state index is 9.21. The smallest absolute Gasteiger partial charge is 0.0924 e. The molecule has 4 N–H and O–H groups in total. The average Bonchev–Trinajstić information content (AvgIpc) is 2.18. The molecule has 0 aliphatic carbocycles. The van der Waals surface area contributed by atoms with Crippen LogP contribution in [0.2, 0.25) is 0 Å². The fourth-order valence-corrected chi connectivity index (χ4v) is 1.16. The van der Waals surface area contributed by atoms with Crippen molar-refractivity contribution in [3.8, 4) is 0 Å². The molecule has 3 heteroatoms. The van der Waals surface area contributed by atoms with Crippen LogP contribution < -0.4 is 5.73 Å². The van der Waals surface area contributed by atoms with Crippen molar-refractivity contribution in [3.05, 3.63) is 35.9 Å². The van der Waals surface area contributed by atoms with Crippen LogP contribution in [0.1, 0.15) is 5.56 Å². The molecule has 0 aliphatic heterocycles. The van der Waals surface area contributed by atoms with Crippen LogP contribution in [0.3, 0.4) is 0 Å². The Hall–Kier alpha value is -0.900. The maximum atomic E-state index is 9.21. The van der Waals surface area contributed by atoms with Gasteiger partial charge in [0, 0.05) is 6.04 Å². The van der Waals surface area contributed by atoms with Crippen LogP contribution in [-0.4, -0.2) is 29.0 Å². The average molecular weight is 181 g/mol. The Kier molecular flexibility index (Phi) is 3.89. The molecule has 0 amide bonds. The predicted molar refractivity (Wildman–Crippen MR) is 51.2 cm³/mol. The molecule has 0 spiro atoms. The monoisotopic (exact) mass is 181 g/mol. The van der Waals surface area contributed by atoms with Crippen LogP contribution >= 0.6 is 0 Å². The number of nitrogens with two attached hydrogens (primary N) is 1. The predicted octanol–water partition coefficient (Wildman–Crippen LogP) is -0.0904. The van der Waals surface area contributed by atoms with E-state index in [9.17, 15) is 5.11 Å². The van der Waals surface area contributed by atoms with Crippen molar-refractivity contribution in [3.63, 3.8) is 0 Å². The highest BCUT2D eigenvalue weighted by Gasteiger charge is 2.13. The summed E-state index contributed by atoms with van der Waals surface area (Å²) in [6, 6.07) is 9.28. The molecule has 0 unspecified atom stereocenters. The summed E-state index contributed by atoms with van der Waals surface area (Å²) in [6.45, 7) is -0.284. The SMILES string of the molecule is N[C@@H](Cc1ccccc1)[C@H](O)CO. The fraction of sp³-hybridized carbons (Fsp3) is 0.400. The molecule has 0 radical (unpaired) electrons. The van der Waals surface area contributed by atoms with Gasteiger partial charge >= 0.3 is 0 Å². The molecule has 13 heavy (non-hydrogen) atoms. The first-order chi connectivity index (χ1) is 6.24. The number of rotatable bonds is 4. The zero-order valence-electron chi connectivity index (χ0n) is 7.43.